The van der Waals surface area contributed by atoms with Gasteiger partial charge in [-0.3, -0.25) is 4.79 Å². The van der Waals surface area contributed by atoms with Gasteiger partial charge in [0.1, 0.15) is 5.75 Å². The lowest BCUT2D eigenvalue weighted by atomic mass is 10.1. The van der Waals surface area contributed by atoms with Crippen molar-refractivity contribution in [2.24, 2.45) is 0 Å². The predicted octanol–water partition coefficient (Wildman–Crippen LogP) is 2.81. The number of ether oxygens (including phenoxy) is 1. The maximum absolute atomic E-state index is 11.9. The summed E-state index contributed by atoms with van der Waals surface area (Å²) < 4.78 is 5.69. The summed E-state index contributed by atoms with van der Waals surface area (Å²) >= 11 is 0. The highest BCUT2D eigenvalue weighted by Crippen LogP contribution is 2.27. The summed E-state index contributed by atoms with van der Waals surface area (Å²) in [5.41, 5.74) is 0.725. The van der Waals surface area contributed by atoms with Crippen LogP contribution < -0.4 is 10.1 Å². The number of aliphatic hydroxyl groups is 1. The number of nitrogens with one attached hydrogen (secondary N) is 1. The molecule has 0 aliphatic rings. The van der Waals surface area contributed by atoms with E-state index < -0.39 is 12.2 Å². The molecule has 1 rings (SSSR count). The van der Waals surface area contributed by atoms with Gasteiger partial charge >= 0.3 is 0 Å². The number of unbranched alkanes of at least 4 members (excludes halogenated alkanes) is 1. The number of carbonyl (C=O) groups excluding carboxylic acids is 1. The number of aliphatic hydroxyl groups excluding tert-OH is 1. The Balaban J connectivity index is 2.65. The van der Waals surface area contributed by atoms with Gasteiger partial charge < -0.3 is 15.2 Å². The van der Waals surface area contributed by atoms with E-state index in [0.29, 0.717) is 18.7 Å². The van der Waals surface area contributed by atoms with Gasteiger partial charge in [0.05, 0.1) is 6.10 Å². The van der Waals surface area contributed by atoms with Gasteiger partial charge in [0.25, 0.3) is 5.91 Å². The van der Waals surface area contributed by atoms with Gasteiger partial charge in [-0.05, 0) is 25.8 Å². The Morgan fingerprint density at radius 3 is 2.70 bits per heavy atom. The smallest absolute Gasteiger partial charge is 0.260 e. The standard InChI is InChI=1S/C16H25NO3/c1-4-6-11-17-16(19)12(3)20-15-10-8-7-9-13(15)14(18)5-2/h7-10,12,14,18H,4-6,11H2,1-3H3,(H,17,19)/t12?,14-/m1/s1. The number of hydrogen-bond acceptors (Lipinski definition) is 3. The van der Waals surface area contributed by atoms with Crippen molar-refractivity contribution < 1.29 is 14.6 Å². The molecule has 4 heteroatoms. The second kappa shape index (κ2) is 8.59. The molecule has 0 spiro atoms. The van der Waals surface area contributed by atoms with E-state index in [4.69, 9.17) is 4.74 Å². The number of amides is 1. The first-order valence-corrected chi connectivity index (χ1v) is 7.31. The van der Waals surface area contributed by atoms with Crippen LogP contribution in [-0.2, 0) is 4.79 Å². The normalized spacial score (nSPS) is 13.6. The van der Waals surface area contributed by atoms with Crippen molar-refractivity contribution in [1.29, 1.82) is 0 Å². The molecule has 1 aromatic carbocycles. The Morgan fingerprint density at radius 1 is 1.35 bits per heavy atom. The SMILES string of the molecule is CCCCNC(=O)C(C)Oc1ccccc1[C@H](O)CC. The fraction of sp³-hybridized carbons (Fsp3) is 0.562. The Hall–Kier alpha value is -1.55. The zero-order valence-corrected chi connectivity index (χ0v) is 12.6. The molecular weight excluding hydrogens is 254 g/mol. The van der Waals surface area contributed by atoms with Crippen LogP contribution in [-0.4, -0.2) is 23.7 Å². The number of benzene rings is 1. The van der Waals surface area contributed by atoms with Crippen molar-refractivity contribution in [3.8, 4) is 5.75 Å². The van der Waals surface area contributed by atoms with Crippen LogP contribution >= 0.6 is 0 Å². The summed E-state index contributed by atoms with van der Waals surface area (Å²) in [4.78, 5) is 11.9. The predicted molar refractivity (Wildman–Crippen MR) is 79.7 cm³/mol. The molecule has 2 atom stereocenters. The molecule has 2 N–H and O–H groups in total. The summed E-state index contributed by atoms with van der Waals surface area (Å²) in [5.74, 6) is 0.444. The van der Waals surface area contributed by atoms with Gasteiger partial charge in [0, 0.05) is 12.1 Å². The van der Waals surface area contributed by atoms with Gasteiger partial charge in [-0.15, -0.1) is 0 Å². The van der Waals surface area contributed by atoms with E-state index in [9.17, 15) is 9.90 Å². The quantitative estimate of drug-likeness (QED) is 0.719. The van der Waals surface area contributed by atoms with E-state index in [1.807, 2.05) is 25.1 Å². The number of rotatable bonds is 8. The molecule has 4 nitrogen and oxygen atoms in total. The Kier molecular flexibility index (Phi) is 7.09. The minimum absolute atomic E-state index is 0.126. The molecule has 20 heavy (non-hydrogen) atoms. The molecule has 0 saturated heterocycles. The third-order valence-electron chi connectivity index (χ3n) is 3.17. The number of carbonyl (C=O) groups is 1. The first kappa shape index (κ1) is 16.5. The topological polar surface area (TPSA) is 58.6 Å². The molecule has 1 aromatic rings. The molecule has 0 heterocycles. The van der Waals surface area contributed by atoms with Crippen LogP contribution in [0.4, 0.5) is 0 Å². The van der Waals surface area contributed by atoms with Crippen molar-refractivity contribution in [1.82, 2.24) is 5.32 Å². The van der Waals surface area contributed by atoms with Gasteiger partial charge in [0.15, 0.2) is 6.10 Å². The highest BCUT2D eigenvalue weighted by molar-refractivity contribution is 5.80. The van der Waals surface area contributed by atoms with E-state index in [1.165, 1.54) is 0 Å². The van der Waals surface area contributed by atoms with Crippen LogP contribution in [0, 0.1) is 0 Å². The van der Waals surface area contributed by atoms with Crippen LogP contribution in [0.2, 0.25) is 0 Å². The summed E-state index contributed by atoms with van der Waals surface area (Å²) in [7, 11) is 0. The van der Waals surface area contributed by atoms with Gasteiger partial charge in [-0.2, -0.15) is 0 Å². The summed E-state index contributed by atoms with van der Waals surface area (Å²) in [6, 6.07) is 7.30. The fourth-order valence-corrected chi connectivity index (χ4v) is 1.86. The average molecular weight is 279 g/mol. The largest absolute Gasteiger partial charge is 0.481 e. The maximum Gasteiger partial charge on any atom is 0.260 e. The zero-order chi connectivity index (χ0) is 15.0. The second-order valence-corrected chi connectivity index (χ2v) is 4.87. The third kappa shape index (κ3) is 4.85. The van der Waals surface area contributed by atoms with Crippen molar-refractivity contribution in [3.05, 3.63) is 29.8 Å². The average Bonchev–Trinajstić information content (AvgIpc) is 2.47. The molecule has 0 aromatic heterocycles. The lowest BCUT2D eigenvalue weighted by molar-refractivity contribution is -0.127. The van der Waals surface area contributed by atoms with Crippen LogP contribution in [0.1, 0.15) is 51.7 Å². The molecule has 0 bridgehead atoms. The summed E-state index contributed by atoms with van der Waals surface area (Å²) in [6.45, 7) is 6.37. The van der Waals surface area contributed by atoms with Crippen molar-refractivity contribution in [3.63, 3.8) is 0 Å². The highest BCUT2D eigenvalue weighted by Gasteiger charge is 2.17. The van der Waals surface area contributed by atoms with Crippen LogP contribution in [0.25, 0.3) is 0 Å². The first-order valence-electron chi connectivity index (χ1n) is 7.31. The molecule has 0 fully saturated rings. The Morgan fingerprint density at radius 2 is 2.05 bits per heavy atom. The minimum Gasteiger partial charge on any atom is -0.481 e. The molecule has 112 valence electrons. The third-order valence-corrected chi connectivity index (χ3v) is 3.17. The monoisotopic (exact) mass is 279 g/mol. The number of para-hydroxylation sites is 1. The van der Waals surface area contributed by atoms with E-state index >= 15 is 0 Å². The summed E-state index contributed by atoms with van der Waals surface area (Å²) in [5, 5.41) is 12.8. The highest BCUT2D eigenvalue weighted by atomic mass is 16.5. The summed E-state index contributed by atoms with van der Waals surface area (Å²) in [6.07, 6.45) is 1.47. The first-order chi connectivity index (χ1) is 9.60. The minimum atomic E-state index is -0.572. The lowest BCUT2D eigenvalue weighted by Crippen LogP contribution is -2.37. The van der Waals surface area contributed by atoms with E-state index in [1.54, 1.807) is 13.0 Å². The second-order valence-electron chi connectivity index (χ2n) is 4.87. The van der Waals surface area contributed by atoms with Crippen LogP contribution in [0.15, 0.2) is 24.3 Å². The van der Waals surface area contributed by atoms with Crippen molar-refractivity contribution in [2.45, 2.75) is 52.2 Å². The zero-order valence-electron chi connectivity index (χ0n) is 12.6. The maximum atomic E-state index is 11.9. The van der Waals surface area contributed by atoms with E-state index in [2.05, 4.69) is 12.2 Å². The molecule has 1 unspecified atom stereocenters. The molecular formula is C16H25NO3. The van der Waals surface area contributed by atoms with Crippen molar-refractivity contribution in [2.75, 3.05) is 6.54 Å². The molecule has 0 aliphatic heterocycles. The van der Waals surface area contributed by atoms with Gasteiger partial charge in [0.2, 0.25) is 0 Å². The van der Waals surface area contributed by atoms with Crippen LogP contribution in [0.5, 0.6) is 5.75 Å². The molecule has 0 aliphatic carbocycles. The van der Waals surface area contributed by atoms with Gasteiger partial charge in [-0.1, -0.05) is 38.5 Å². The number of hydrogen-bond donors (Lipinski definition) is 2. The van der Waals surface area contributed by atoms with Crippen molar-refractivity contribution >= 4 is 5.91 Å². The Labute approximate surface area is 121 Å². The van der Waals surface area contributed by atoms with E-state index in [-0.39, 0.29) is 5.91 Å². The Bertz CT molecular complexity index is 420. The fourth-order valence-electron chi connectivity index (χ4n) is 1.86. The molecule has 1 amide bonds. The van der Waals surface area contributed by atoms with E-state index in [0.717, 1.165) is 18.4 Å². The molecule has 0 saturated carbocycles. The molecule has 0 radical (unpaired) electrons. The lowest BCUT2D eigenvalue weighted by Gasteiger charge is -2.19. The van der Waals surface area contributed by atoms with Gasteiger partial charge in [-0.25, -0.2) is 0 Å². The van der Waals surface area contributed by atoms with Crippen LogP contribution in [0.3, 0.4) is 0 Å².